The number of nitrogens with one attached hydrogen (secondary N) is 1. The number of hydrogen-bond donors (Lipinski definition) is 1. The Morgan fingerprint density at radius 3 is 2.37 bits per heavy atom. The van der Waals surface area contributed by atoms with E-state index in [-0.39, 0.29) is 0 Å². The molecular formula is C23H27N3O2S2. The molecule has 7 heteroatoms. The third-order valence-electron chi connectivity index (χ3n) is 5.36. The number of piperidine rings is 1. The molecule has 0 bridgehead atoms. The lowest BCUT2D eigenvalue weighted by Crippen LogP contribution is -2.35. The summed E-state index contributed by atoms with van der Waals surface area (Å²) in [5, 5.41) is 6.50. The first kappa shape index (κ1) is 21.2. The van der Waals surface area contributed by atoms with Crippen molar-refractivity contribution in [2.75, 3.05) is 13.1 Å². The zero-order chi connectivity index (χ0) is 21.0. The Hall–Kier alpha value is -2.06. The van der Waals surface area contributed by atoms with Crippen molar-refractivity contribution in [2.45, 2.75) is 44.2 Å². The highest BCUT2D eigenvalue weighted by atomic mass is 32.2. The van der Waals surface area contributed by atoms with Crippen LogP contribution in [-0.4, -0.2) is 30.8 Å². The Balaban J connectivity index is 1.32. The van der Waals surface area contributed by atoms with E-state index in [9.17, 15) is 8.42 Å². The van der Waals surface area contributed by atoms with Crippen LogP contribution in [0.4, 0.5) is 0 Å². The van der Waals surface area contributed by atoms with Crippen LogP contribution in [0.2, 0.25) is 0 Å². The summed E-state index contributed by atoms with van der Waals surface area (Å²) in [6, 6.07) is 15.6. The molecule has 0 spiro atoms. The van der Waals surface area contributed by atoms with Crippen molar-refractivity contribution in [3.05, 3.63) is 70.7 Å². The second-order valence-electron chi connectivity index (χ2n) is 7.72. The zero-order valence-electron chi connectivity index (χ0n) is 17.2. The van der Waals surface area contributed by atoms with Gasteiger partial charge in [0.25, 0.3) is 0 Å². The highest BCUT2D eigenvalue weighted by Gasteiger charge is 2.25. The van der Waals surface area contributed by atoms with Crippen LogP contribution in [0.15, 0.2) is 58.8 Å². The van der Waals surface area contributed by atoms with Crippen LogP contribution in [0.1, 0.15) is 36.1 Å². The molecule has 1 fully saturated rings. The molecule has 1 aliphatic rings. The lowest BCUT2D eigenvalue weighted by Gasteiger charge is -2.25. The van der Waals surface area contributed by atoms with Crippen LogP contribution >= 0.6 is 11.3 Å². The molecule has 4 rings (SSSR count). The van der Waals surface area contributed by atoms with Crippen molar-refractivity contribution < 1.29 is 8.42 Å². The van der Waals surface area contributed by atoms with Crippen LogP contribution < -0.4 is 5.32 Å². The first-order chi connectivity index (χ1) is 14.5. The van der Waals surface area contributed by atoms with Crippen LogP contribution in [0.5, 0.6) is 0 Å². The fraction of sp³-hybridized carbons (Fsp3) is 0.348. The maximum atomic E-state index is 12.7. The standard InChI is InChI=1S/C23H27N3O2S2/c1-18-5-9-20(10-6-18)23-25-21(17-29-23)16-24-15-19-7-11-22(12-8-19)30(27,28)26-13-3-2-4-14-26/h5-12,17,24H,2-4,13-16H2,1H3. The van der Waals surface area contributed by atoms with Crippen molar-refractivity contribution in [3.63, 3.8) is 0 Å². The van der Waals surface area contributed by atoms with Gasteiger partial charge in [-0.15, -0.1) is 11.3 Å². The van der Waals surface area contributed by atoms with Crippen LogP contribution in [0.25, 0.3) is 10.6 Å². The minimum absolute atomic E-state index is 0.385. The van der Waals surface area contributed by atoms with Gasteiger partial charge in [-0.3, -0.25) is 0 Å². The molecule has 1 aromatic heterocycles. The predicted octanol–water partition coefficient (Wildman–Crippen LogP) is 4.58. The molecule has 3 aromatic rings. The van der Waals surface area contributed by atoms with Gasteiger partial charge < -0.3 is 5.32 Å². The fourth-order valence-corrected chi connectivity index (χ4v) is 5.93. The molecule has 0 saturated carbocycles. The molecular weight excluding hydrogens is 414 g/mol. The van der Waals surface area contributed by atoms with E-state index in [1.165, 1.54) is 5.56 Å². The Labute approximate surface area is 182 Å². The third kappa shape index (κ3) is 4.98. The molecule has 0 unspecified atom stereocenters. The summed E-state index contributed by atoms with van der Waals surface area (Å²) < 4.78 is 27.1. The molecule has 1 N–H and O–H groups in total. The molecule has 0 amide bonds. The number of hydrogen-bond acceptors (Lipinski definition) is 5. The van der Waals surface area contributed by atoms with Crippen molar-refractivity contribution in [3.8, 4) is 10.6 Å². The molecule has 2 aromatic carbocycles. The summed E-state index contributed by atoms with van der Waals surface area (Å²) in [6.07, 6.45) is 3.01. The number of benzene rings is 2. The van der Waals surface area contributed by atoms with Gasteiger partial charge in [-0.2, -0.15) is 4.31 Å². The number of aromatic nitrogens is 1. The number of thiazole rings is 1. The monoisotopic (exact) mass is 441 g/mol. The number of sulfonamides is 1. The number of rotatable bonds is 7. The van der Waals surface area contributed by atoms with Crippen LogP contribution in [-0.2, 0) is 23.1 Å². The Morgan fingerprint density at radius 2 is 1.67 bits per heavy atom. The van der Waals surface area contributed by atoms with Gasteiger partial charge in [0.1, 0.15) is 5.01 Å². The average Bonchev–Trinajstić information content (AvgIpc) is 3.24. The molecule has 2 heterocycles. The maximum Gasteiger partial charge on any atom is 0.243 e. The van der Waals surface area contributed by atoms with Crippen molar-refractivity contribution in [1.82, 2.24) is 14.6 Å². The van der Waals surface area contributed by atoms with E-state index in [2.05, 4.69) is 41.9 Å². The summed E-state index contributed by atoms with van der Waals surface area (Å²) in [5.41, 5.74) is 4.45. The summed E-state index contributed by atoms with van der Waals surface area (Å²) in [7, 11) is -3.36. The summed E-state index contributed by atoms with van der Waals surface area (Å²) in [6.45, 7) is 4.68. The van der Waals surface area contributed by atoms with E-state index < -0.39 is 10.0 Å². The quantitative estimate of drug-likeness (QED) is 0.583. The zero-order valence-corrected chi connectivity index (χ0v) is 18.8. The van der Waals surface area contributed by atoms with Crippen molar-refractivity contribution in [2.24, 2.45) is 0 Å². The minimum atomic E-state index is -3.36. The van der Waals surface area contributed by atoms with Crippen LogP contribution in [0.3, 0.4) is 0 Å². The van der Waals surface area contributed by atoms with E-state index in [1.54, 1.807) is 27.8 Å². The van der Waals surface area contributed by atoms with E-state index in [0.717, 1.165) is 41.1 Å². The minimum Gasteiger partial charge on any atom is -0.307 e. The molecule has 0 atom stereocenters. The maximum absolute atomic E-state index is 12.7. The Morgan fingerprint density at radius 1 is 0.967 bits per heavy atom. The van der Waals surface area contributed by atoms with E-state index in [1.807, 2.05) is 12.1 Å². The molecule has 0 radical (unpaired) electrons. The third-order valence-corrected chi connectivity index (χ3v) is 8.21. The summed E-state index contributed by atoms with van der Waals surface area (Å²) >= 11 is 1.65. The first-order valence-corrected chi connectivity index (χ1v) is 12.7. The Bertz CT molecular complexity index is 1070. The summed E-state index contributed by atoms with van der Waals surface area (Å²) in [4.78, 5) is 5.10. The van der Waals surface area contributed by atoms with Gasteiger partial charge in [-0.1, -0.05) is 48.4 Å². The van der Waals surface area contributed by atoms with Gasteiger partial charge in [-0.05, 0) is 37.5 Å². The van der Waals surface area contributed by atoms with Gasteiger partial charge in [0.05, 0.1) is 10.6 Å². The highest BCUT2D eigenvalue weighted by molar-refractivity contribution is 7.89. The topological polar surface area (TPSA) is 62.3 Å². The van der Waals surface area contributed by atoms with Crippen molar-refractivity contribution >= 4 is 21.4 Å². The second kappa shape index (κ2) is 9.39. The largest absolute Gasteiger partial charge is 0.307 e. The van der Waals surface area contributed by atoms with Gasteiger partial charge in [-0.25, -0.2) is 13.4 Å². The lowest BCUT2D eigenvalue weighted by atomic mass is 10.2. The fourth-order valence-electron chi connectivity index (χ4n) is 3.59. The van der Waals surface area contributed by atoms with Crippen molar-refractivity contribution in [1.29, 1.82) is 0 Å². The normalized spacial score (nSPS) is 15.4. The van der Waals surface area contributed by atoms with Gasteiger partial charge in [0.15, 0.2) is 0 Å². The smallest absolute Gasteiger partial charge is 0.243 e. The van der Waals surface area contributed by atoms with Crippen LogP contribution in [0, 0.1) is 6.92 Å². The van der Waals surface area contributed by atoms with Gasteiger partial charge >= 0.3 is 0 Å². The molecule has 5 nitrogen and oxygen atoms in total. The van der Waals surface area contributed by atoms with E-state index in [4.69, 9.17) is 4.98 Å². The number of nitrogens with zero attached hydrogens (tertiary/aromatic N) is 2. The Kier molecular flexibility index (Phi) is 6.63. The van der Waals surface area contributed by atoms with E-state index >= 15 is 0 Å². The van der Waals surface area contributed by atoms with Gasteiger partial charge in [0.2, 0.25) is 10.0 Å². The number of aryl methyl sites for hydroxylation is 1. The molecule has 1 aliphatic heterocycles. The SMILES string of the molecule is Cc1ccc(-c2nc(CNCc3ccc(S(=O)(=O)N4CCCCC4)cc3)cs2)cc1. The highest BCUT2D eigenvalue weighted by Crippen LogP contribution is 2.24. The second-order valence-corrected chi connectivity index (χ2v) is 10.5. The summed E-state index contributed by atoms with van der Waals surface area (Å²) in [5.74, 6) is 0. The molecule has 158 valence electrons. The van der Waals surface area contributed by atoms with E-state index in [0.29, 0.717) is 31.1 Å². The lowest BCUT2D eigenvalue weighted by molar-refractivity contribution is 0.346. The van der Waals surface area contributed by atoms with Gasteiger partial charge in [0, 0.05) is 37.1 Å². The average molecular weight is 442 g/mol. The first-order valence-electron chi connectivity index (χ1n) is 10.3. The predicted molar refractivity (Wildman–Crippen MR) is 122 cm³/mol. The molecule has 1 saturated heterocycles. The molecule has 30 heavy (non-hydrogen) atoms. The molecule has 0 aliphatic carbocycles.